The summed E-state index contributed by atoms with van der Waals surface area (Å²) in [5.74, 6) is 0. The molecule has 0 radical (unpaired) electrons. The number of halogens is 1. The van der Waals surface area contributed by atoms with Gasteiger partial charge in [-0.15, -0.1) is 0 Å². The second kappa shape index (κ2) is 3.83. The van der Waals surface area contributed by atoms with E-state index in [1.807, 2.05) is 0 Å². The van der Waals surface area contributed by atoms with Crippen molar-refractivity contribution in [1.82, 2.24) is 0 Å². The summed E-state index contributed by atoms with van der Waals surface area (Å²) in [4.78, 5) is 0. The molecule has 0 fully saturated rings. The molecule has 0 aromatic heterocycles. The van der Waals surface area contributed by atoms with Gasteiger partial charge in [0.05, 0.1) is 0 Å². The second-order valence-corrected chi connectivity index (χ2v) is 3.03. The molecule has 0 aliphatic heterocycles. The summed E-state index contributed by atoms with van der Waals surface area (Å²) in [6.45, 7) is 0. The predicted molar refractivity (Wildman–Crippen MR) is 20.1 cm³/mol. The van der Waals surface area contributed by atoms with Crippen molar-refractivity contribution in [3.63, 3.8) is 0 Å². The summed E-state index contributed by atoms with van der Waals surface area (Å²) in [5.41, 5.74) is 0. The fourth-order valence-corrected chi connectivity index (χ4v) is 0. The van der Waals surface area contributed by atoms with Crippen LogP contribution in [-0.2, 0) is 9.05 Å². The van der Waals surface area contributed by atoms with Gasteiger partial charge in [-0.1, -0.05) is 0 Å². The van der Waals surface area contributed by atoms with Crippen molar-refractivity contribution in [2.45, 2.75) is 0 Å². The van der Waals surface area contributed by atoms with Gasteiger partial charge in [0.15, 0.2) is 0 Å². The minimum Gasteiger partial charge on any atom is -0.247 e. The third kappa shape index (κ3) is 39.7. The van der Waals surface area contributed by atoms with Crippen LogP contribution in [0.4, 0.5) is 0 Å². The molecule has 0 aromatic carbocycles. The van der Waals surface area contributed by atoms with E-state index in [2.05, 4.69) is 16.9 Å². The van der Waals surface area contributed by atoms with Crippen LogP contribution in [0.3, 0.4) is 0 Å². The van der Waals surface area contributed by atoms with Crippen molar-refractivity contribution in [3.8, 4) is 0 Å². The summed E-state index contributed by atoms with van der Waals surface area (Å²) in [5, 5.41) is 0. The van der Waals surface area contributed by atoms with Crippen LogP contribution in [0.15, 0.2) is 0 Å². The third-order valence-corrected chi connectivity index (χ3v) is 0. The molecule has 0 unspecified atom stereocenters. The van der Waals surface area contributed by atoms with Gasteiger partial charge in [0.1, 0.15) is 9.05 Å². The average molecular weight is 153 g/mol. The normalized spacial score (nSPS) is 9.67. The molecule has 0 atom stereocenters. The van der Waals surface area contributed by atoms with Gasteiger partial charge in [-0.05, 0) is 10.7 Å². The van der Waals surface area contributed by atoms with Crippen molar-refractivity contribution in [3.05, 3.63) is 6.26 Å². The Hall–Kier alpha value is 1.88. The van der Waals surface area contributed by atoms with E-state index in [4.69, 9.17) is 0 Å². The maximum Gasteiger partial charge on any atom is 1.00 e. The van der Waals surface area contributed by atoms with Crippen LogP contribution >= 0.6 is 10.7 Å². The van der Waals surface area contributed by atoms with Crippen molar-refractivity contribution in [2.75, 3.05) is 0 Å². The van der Waals surface area contributed by atoms with Gasteiger partial charge in [0.2, 0.25) is 0 Å². The Balaban J connectivity index is 0. The van der Waals surface area contributed by atoms with Gasteiger partial charge in [-0.3, -0.25) is 0 Å². The zero-order valence-corrected chi connectivity index (χ0v) is 8.01. The molecule has 0 aromatic rings. The van der Waals surface area contributed by atoms with Crippen LogP contribution < -0.4 is 51.4 Å². The van der Waals surface area contributed by atoms with E-state index in [9.17, 15) is 8.42 Å². The fraction of sp³-hybridized carbons (Fsp3) is 0. The molecule has 2 nitrogen and oxygen atoms in total. The zero-order chi connectivity index (χ0) is 4.50. The summed E-state index contributed by atoms with van der Waals surface area (Å²) in [7, 11) is 0.947. The largest absolute Gasteiger partial charge is 1.00 e. The van der Waals surface area contributed by atoms with Gasteiger partial charge in [-0.2, -0.15) is 0 Å². The van der Waals surface area contributed by atoms with Gasteiger partial charge in [0.25, 0.3) is 0 Å². The average Bonchev–Trinajstić information content (AvgIpc) is 0.722. The van der Waals surface area contributed by atoms with Gasteiger partial charge >= 0.3 is 51.4 Å². The molecule has 0 rings (SSSR count). The van der Waals surface area contributed by atoms with E-state index in [1.54, 1.807) is 0 Å². The van der Waals surface area contributed by atoms with Crippen molar-refractivity contribution < 1.29 is 59.8 Å². The quantitative estimate of drug-likeness (QED) is 0.216. The molecule has 0 amide bonds. The van der Waals surface area contributed by atoms with E-state index in [0.717, 1.165) is 0 Å². The second-order valence-electron chi connectivity index (χ2n) is 0.539. The standard InChI is InChI=1S/CH2ClO2S.K/c1-5(2,3)4;/h1H2;/q-1;+1. The maximum atomic E-state index is 9.29. The van der Waals surface area contributed by atoms with E-state index < -0.39 is 9.05 Å². The minimum atomic E-state index is -3.44. The van der Waals surface area contributed by atoms with Crippen LogP contribution in [0, 0.1) is 6.26 Å². The van der Waals surface area contributed by atoms with Crippen molar-refractivity contribution in [2.24, 2.45) is 0 Å². The SMILES string of the molecule is [CH2-]S(=O)(=O)Cl.[K+]. The molecule has 6 heavy (non-hydrogen) atoms. The molecule has 0 bridgehead atoms. The van der Waals surface area contributed by atoms with Crippen LogP contribution in [0.25, 0.3) is 0 Å². The summed E-state index contributed by atoms with van der Waals surface area (Å²) < 4.78 is 18.6. The zero-order valence-electron chi connectivity index (χ0n) is 3.31. The molecule has 0 heterocycles. The molecule has 0 N–H and O–H groups in total. The molecular weight excluding hydrogens is 151 g/mol. The Bertz CT molecular complexity index is 96.7. The van der Waals surface area contributed by atoms with Gasteiger partial charge in [-0.25, -0.2) is 14.7 Å². The van der Waals surface area contributed by atoms with E-state index >= 15 is 0 Å². The molecular formula is CH2ClKO2S. The van der Waals surface area contributed by atoms with Crippen molar-refractivity contribution in [1.29, 1.82) is 0 Å². The summed E-state index contributed by atoms with van der Waals surface area (Å²) >= 11 is 0. The number of hydrogen-bond acceptors (Lipinski definition) is 2. The molecule has 0 spiro atoms. The van der Waals surface area contributed by atoms with Crippen LogP contribution in [0.1, 0.15) is 0 Å². The summed E-state index contributed by atoms with van der Waals surface area (Å²) in [6, 6.07) is 0. The Morgan fingerprint density at radius 2 is 1.50 bits per heavy atom. The Labute approximate surface area is 84.1 Å². The molecule has 0 saturated carbocycles. The Morgan fingerprint density at radius 1 is 1.50 bits per heavy atom. The summed E-state index contributed by atoms with van der Waals surface area (Å²) in [6.07, 6.45) is 2.51. The van der Waals surface area contributed by atoms with Crippen LogP contribution in [-0.4, -0.2) is 8.42 Å². The van der Waals surface area contributed by atoms with Gasteiger partial charge in [0, 0.05) is 0 Å². The van der Waals surface area contributed by atoms with E-state index in [-0.39, 0.29) is 51.4 Å². The fourth-order valence-electron chi connectivity index (χ4n) is 0. The number of rotatable bonds is 0. The van der Waals surface area contributed by atoms with E-state index in [1.165, 1.54) is 0 Å². The molecule has 0 aliphatic rings. The first kappa shape index (κ1) is 10.8. The van der Waals surface area contributed by atoms with Crippen LogP contribution in [0.5, 0.6) is 0 Å². The minimum absolute atomic E-state index is 0. The topological polar surface area (TPSA) is 34.1 Å². The predicted octanol–water partition coefficient (Wildman–Crippen LogP) is -2.65. The third-order valence-electron chi connectivity index (χ3n) is 0. The Morgan fingerprint density at radius 3 is 1.50 bits per heavy atom. The molecule has 32 valence electrons. The Kier molecular flexibility index (Phi) is 6.88. The molecule has 0 aliphatic carbocycles. The first-order valence-electron chi connectivity index (χ1n) is 0.776. The molecule has 0 saturated heterocycles. The first-order chi connectivity index (χ1) is 2.00. The van der Waals surface area contributed by atoms with Crippen molar-refractivity contribution >= 4 is 19.7 Å². The van der Waals surface area contributed by atoms with Crippen LogP contribution in [0.2, 0.25) is 0 Å². The monoisotopic (exact) mass is 152 g/mol. The number of hydrogen-bond donors (Lipinski definition) is 0. The van der Waals surface area contributed by atoms with E-state index in [0.29, 0.717) is 0 Å². The molecule has 5 heteroatoms. The van der Waals surface area contributed by atoms with Gasteiger partial charge < -0.3 is 0 Å². The maximum absolute atomic E-state index is 9.29. The first-order valence-corrected chi connectivity index (χ1v) is 3.25. The smallest absolute Gasteiger partial charge is 0.247 e.